The standard InChI is InChI=1S/C12H18N2O3S/c1-8-10(11(16-3)14(2)13-8)12(15)17-9-5-4-6-18-7-9/h9H,4-7H2,1-3H3/t9-/m1/s1. The molecule has 2 heterocycles. The van der Waals surface area contributed by atoms with Gasteiger partial charge in [0.25, 0.3) is 0 Å². The first-order chi connectivity index (χ1) is 8.63. The lowest BCUT2D eigenvalue weighted by Crippen LogP contribution is -2.24. The van der Waals surface area contributed by atoms with Crippen LogP contribution in [0.15, 0.2) is 0 Å². The fourth-order valence-electron chi connectivity index (χ4n) is 2.12. The molecule has 1 aliphatic heterocycles. The molecule has 2 rings (SSSR count). The van der Waals surface area contributed by atoms with Crippen LogP contribution in [0.1, 0.15) is 28.9 Å². The van der Waals surface area contributed by atoms with Crippen molar-refractivity contribution in [3.8, 4) is 5.88 Å². The highest BCUT2D eigenvalue weighted by Crippen LogP contribution is 2.25. The van der Waals surface area contributed by atoms with Gasteiger partial charge in [-0.25, -0.2) is 9.48 Å². The molecular formula is C12H18N2O3S. The van der Waals surface area contributed by atoms with Crippen LogP contribution in [0, 0.1) is 6.92 Å². The minimum Gasteiger partial charge on any atom is -0.481 e. The maximum atomic E-state index is 12.2. The Morgan fingerprint density at radius 3 is 2.94 bits per heavy atom. The molecule has 1 aliphatic rings. The van der Waals surface area contributed by atoms with Crippen LogP contribution < -0.4 is 4.74 Å². The zero-order chi connectivity index (χ0) is 13.1. The number of thioether (sulfide) groups is 1. The van der Waals surface area contributed by atoms with E-state index in [0.29, 0.717) is 17.1 Å². The molecule has 1 atom stereocenters. The van der Waals surface area contributed by atoms with Gasteiger partial charge in [-0.2, -0.15) is 16.9 Å². The van der Waals surface area contributed by atoms with Crippen molar-refractivity contribution in [2.45, 2.75) is 25.9 Å². The molecule has 0 aliphatic carbocycles. The van der Waals surface area contributed by atoms with Crippen LogP contribution in [0.4, 0.5) is 0 Å². The Balaban J connectivity index is 2.12. The number of methoxy groups -OCH3 is 1. The van der Waals surface area contributed by atoms with E-state index in [1.807, 2.05) is 11.8 Å². The number of esters is 1. The van der Waals surface area contributed by atoms with Crippen molar-refractivity contribution in [2.24, 2.45) is 7.05 Å². The summed E-state index contributed by atoms with van der Waals surface area (Å²) < 4.78 is 12.3. The van der Waals surface area contributed by atoms with Gasteiger partial charge in [-0.3, -0.25) is 0 Å². The third kappa shape index (κ3) is 2.63. The Morgan fingerprint density at radius 2 is 2.33 bits per heavy atom. The van der Waals surface area contributed by atoms with Crippen LogP contribution in [-0.2, 0) is 11.8 Å². The Hall–Kier alpha value is -1.17. The zero-order valence-electron chi connectivity index (χ0n) is 10.9. The van der Waals surface area contributed by atoms with Crippen molar-refractivity contribution in [3.05, 3.63) is 11.3 Å². The summed E-state index contributed by atoms with van der Waals surface area (Å²) in [5.41, 5.74) is 1.08. The van der Waals surface area contributed by atoms with Gasteiger partial charge in [0, 0.05) is 12.8 Å². The molecule has 0 radical (unpaired) electrons. The molecule has 1 saturated heterocycles. The molecule has 100 valence electrons. The number of nitrogens with zero attached hydrogens (tertiary/aromatic N) is 2. The largest absolute Gasteiger partial charge is 0.481 e. The van der Waals surface area contributed by atoms with Crippen molar-refractivity contribution in [3.63, 3.8) is 0 Å². The van der Waals surface area contributed by atoms with E-state index in [-0.39, 0.29) is 12.1 Å². The molecule has 6 heteroatoms. The molecule has 0 spiro atoms. The summed E-state index contributed by atoms with van der Waals surface area (Å²) in [7, 11) is 3.28. The first kappa shape index (κ1) is 13.3. The molecule has 1 fully saturated rings. The molecule has 18 heavy (non-hydrogen) atoms. The molecule has 0 saturated carbocycles. The number of carbonyl (C=O) groups excluding carboxylic acids is 1. The number of carbonyl (C=O) groups is 1. The van der Waals surface area contributed by atoms with E-state index >= 15 is 0 Å². The maximum absolute atomic E-state index is 12.2. The summed E-state index contributed by atoms with van der Waals surface area (Å²) in [5, 5.41) is 4.18. The second-order valence-corrected chi connectivity index (χ2v) is 5.49. The molecule has 1 aromatic heterocycles. The number of hydrogen-bond donors (Lipinski definition) is 0. The molecule has 0 aromatic carbocycles. The van der Waals surface area contributed by atoms with Gasteiger partial charge < -0.3 is 9.47 Å². The molecule has 0 amide bonds. The molecular weight excluding hydrogens is 252 g/mol. The van der Waals surface area contributed by atoms with Crippen molar-refractivity contribution in [1.82, 2.24) is 9.78 Å². The normalized spacial score (nSPS) is 19.6. The Labute approximate surface area is 111 Å². The summed E-state index contributed by atoms with van der Waals surface area (Å²) in [5.74, 6) is 2.17. The molecule has 0 bridgehead atoms. The van der Waals surface area contributed by atoms with E-state index < -0.39 is 0 Å². The molecule has 5 nitrogen and oxygen atoms in total. The second-order valence-electron chi connectivity index (χ2n) is 4.34. The Morgan fingerprint density at radius 1 is 1.56 bits per heavy atom. The lowest BCUT2D eigenvalue weighted by molar-refractivity contribution is 0.0323. The van der Waals surface area contributed by atoms with Gasteiger partial charge in [0.15, 0.2) is 0 Å². The van der Waals surface area contributed by atoms with E-state index in [2.05, 4.69) is 5.10 Å². The van der Waals surface area contributed by atoms with Gasteiger partial charge in [0.2, 0.25) is 5.88 Å². The smallest absolute Gasteiger partial charge is 0.345 e. The average Bonchev–Trinajstić information content (AvgIpc) is 2.64. The fraction of sp³-hybridized carbons (Fsp3) is 0.667. The van der Waals surface area contributed by atoms with Gasteiger partial charge in [0.1, 0.15) is 11.7 Å². The van der Waals surface area contributed by atoms with Crippen molar-refractivity contribution < 1.29 is 14.3 Å². The van der Waals surface area contributed by atoms with Gasteiger partial charge in [-0.05, 0) is 25.5 Å². The van der Waals surface area contributed by atoms with Gasteiger partial charge in [0.05, 0.1) is 12.8 Å². The van der Waals surface area contributed by atoms with Crippen molar-refractivity contribution >= 4 is 17.7 Å². The van der Waals surface area contributed by atoms with Crippen LogP contribution in [0.5, 0.6) is 5.88 Å². The van der Waals surface area contributed by atoms with Crippen molar-refractivity contribution in [1.29, 1.82) is 0 Å². The third-order valence-corrected chi connectivity index (χ3v) is 4.14. The SMILES string of the molecule is COc1c(C(=O)O[C@@H]2CCCSC2)c(C)nn1C. The quantitative estimate of drug-likeness (QED) is 0.784. The van der Waals surface area contributed by atoms with E-state index in [9.17, 15) is 4.79 Å². The average molecular weight is 270 g/mol. The fourth-order valence-corrected chi connectivity index (χ4v) is 3.16. The summed E-state index contributed by atoms with van der Waals surface area (Å²) in [6.45, 7) is 1.79. The number of aromatic nitrogens is 2. The first-order valence-electron chi connectivity index (χ1n) is 5.99. The first-order valence-corrected chi connectivity index (χ1v) is 7.15. The second kappa shape index (κ2) is 5.65. The lowest BCUT2D eigenvalue weighted by atomic mass is 10.2. The summed E-state index contributed by atoms with van der Waals surface area (Å²) >= 11 is 1.83. The topological polar surface area (TPSA) is 53.4 Å². The number of ether oxygens (including phenoxy) is 2. The highest BCUT2D eigenvalue weighted by atomic mass is 32.2. The van der Waals surface area contributed by atoms with Crippen LogP contribution in [0.2, 0.25) is 0 Å². The lowest BCUT2D eigenvalue weighted by Gasteiger charge is -2.21. The minimum atomic E-state index is -0.329. The van der Waals surface area contributed by atoms with E-state index in [1.165, 1.54) is 7.11 Å². The number of hydrogen-bond acceptors (Lipinski definition) is 5. The Bertz CT molecular complexity index is 439. The van der Waals surface area contributed by atoms with E-state index in [1.54, 1.807) is 18.7 Å². The monoisotopic (exact) mass is 270 g/mol. The van der Waals surface area contributed by atoms with E-state index in [4.69, 9.17) is 9.47 Å². The molecule has 0 N–H and O–H groups in total. The summed E-state index contributed by atoms with van der Waals surface area (Å²) in [6, 6.07) is 0. The number of rotatable bonds is 3. The van der Waals surface area contributed by atoms with Gasteiger partial charge in [-0.1, -0.05) is 0 Å². The summed E-state index contributed by atoms with van der Waals surface area (Å²) in [6.07, 6.45) is 2.06. The third-order valence-electron chi connectivity index (χ3n) is 2.96. The van der Waals surface area contributed by atoms with Gasteiger partial charge in [-0.15, -0.1) is 0 Å². The van der Waals surface area contributed by atoms with Gasteiger partial charge >= 0.3 is 5.97 Å². The van der Waals surface area contributed by atoms with Crippen LogP contribution in [0.3, 0.4) is 0 Å². The van der Waals surface area contributed by atoms with Crippen molar-refractivity contribution in [2.75, 3.05) is 18.6 Å². The summed E-state index contributed by atoms with van der Waals surface area (Å²) in [4.78, 5) is 12.2. The van der Waals surface area contributed by atoms with Crippen LogP contribution in [0.25, 0.3) is 0 Å². The predicted molar refractivity (Wildman–Crippen MR) is 70.3 cm³/mol. The minimum absolute atomic E-state index is 0.0144. The zero-order valence-corrected chi connectivity index (χ0v) is 11.7. The molecule has 1 aromatic rings. The van der Waals surface area contributed by atoms with Crippen LogP contribution >= 0.6 is 11.8 Å². The maximum Gasteiger partial charge on any atom is 0.345 e. The number of aryl methyl sites for hydroxylation is 2. The van der Waals surface area contributed by atoms with E-state index in [0.717, 1.165) is 24.3 Å². The highest BCUT2D eigenvalue weighted by Gasteiger charge is 2.26. The molecule has 0 unspecified atom stereocenters. The Kier molecular flexibility index (Phi) is 4.16. The predicted octanol–water partition coefficient (Wildman–Crippen LogP) is 1.79. The van der Waals surface area contributed by atoms with Crippen LogP contribution in [-0.4, -0.2) is 40.5 Å². The highest BCUT2D eigenvalue weighted by molar-refractivity contribution is 7.99.